The molecule has 3 aromatic rings. The van der Waals surface area contributed by atoms with E-state index in [1.54, 1.807) is 16.5 Å². The van der Waals surface area contributed by atoms with Gasteiger partial charge in [-0.05, 0) is 25.3 Å². The number of hydrogen-bond acceptors (Lipinski definition) is 6. The lowest BCUT2D eigenvalue weighted by Gasteiger charge is -2.39. The molecule has 0 unspecified atom stereocenters. The van der Waals surface area contributed by atoms with E-state index >= 15 is 4.39 Å². The number of ether oxygens (including phenoxy) is 1. The maximum absolute atomic E-state index is 15.2. The predicted octanol–water partition coefficient (Wildman–Crippen LogP) is 1.33. The molecule has 0 spiro atoms. The molecule has 2 amide bonds. The zero-order valence-corrected chi connectivity index (χ0v) is 22.1. The van der Waals surface area contributed by atoms with Gasteiger partial charge in [0, 0.05) is 33.3 Å². The Morgan fingerprint density at radius 2 is 2.16 bits per heavy atom. The lowest BCUT2D eigenvalue weighted by Crippen LogP contribution is -2.41. The van der Waals surface area contributed by atoms with Gasteiger partial charge >= 0.3 is 0 Å². The molecule has 10 nitrogen and oxygen atoms in total. The predicted molar refractivity (Wildman–Crippen MR) is 138 cm³/mol. The van der Waals surface area contributed by atoms with E-state index < -0.39 is 28.3 Å². The lowest BCUT2D eigenvalue weighted by atomic mass is 10.1. The van der Waals surface area contributed by atoms with Crippen LogP contribution in [0.5, 0.6) is 0 Å². The number of halogens is 2. The van der Waals surface area contributed by atoms with Crippen LogP contribution in [-0.2, 0) is 21.2 Å². The van der Waals surface area contributed by atoms with Crippen molar-refractivity contribution in [1.29, 1.82) is 0 Å². The molecule has 0 saturated carbocycles. The van der Waals surface area contributed by atoms with Crippen LogP contribution in [-0.4, -0.2) is 79.6 Å². The van der Waals surface area contributed by atoms with Crippen molar-refractivity contribution in [2.75, 3.05) is 32.6 Å². The third-order valence-electron chi connectivity index (χ3n) is 6.49. The number of anilines is 1. The third-order valence-corrected chi connectivity index (χ3v) is 7.07. The highest BCUT2D eigenvalue weighted by Gasteiger charge is 2.39. The smallest absolute Gasteiger partial charge is 0.255 e. The van der Waals surface area contributed by atoms with Gasteiger partial charge in [0.1, 0.15) is 22.7 Å². The Bertz CT molecular complexity index is 1510. The molecule has 0 bridgehead atoms. The number of carbonyl (C=O) groups is 2. The van der Waals surface area contributed by atoms with Crippen molar-refractivity contribution in [3.63, 3.8) is 0 Å². The van der Waals surface area contributed by atoms with Gasteiger partial charge in [0.25, 0.3) is 5.91 Å². The highest BCUT2D eigenvalue weighted by Crippen LogP contribution is 2.35. The first-order valence-electron chi connectivity index (χ1n) is 11.7. The summed E-state index contributed by atoms with van der Waals surface area (Å²) in [5, 5.41) is 6.42. The van der Waals surface area contributed by atoms with Crippen LogP contribution < -0.4 is 11.1 Å². The molecule has 1 aliphatic rings. The maximum atomic E-state index is 15.2. The van der Waals surface area contributed by atoms with Crippen molar-refractivity contribution in [3.8, 4) is 11.8 Å². The number of fused-ring (bicyclic) bond motifs is 1. The number of imidazole rings is 1. The fraction of sp³-hybridized carbons (Fsp3) is 0.360. The number of aryl methyl sites for hydroxylation is 1. The number of nitrogens with one attached hydrogen (secondary N) is 1. The van der Waals surface area contributed by atoms with E-state index in [0.717, 1.165) is 0 Å². The van der Waals surface area contributed by atoms with Crippen molar-refractivity contribution in [1.82, 2.24) is 24.2 Å². The van der Waals surface area contributed by atoms with Gasteiger partial charge < -0.3 is 35.5 Å². The van der Waals surface area contributed by atoms with Crippen LogP contribution >= 0.6 is 0 Å². The maximum Gasteiger partial charge on any atom is 0.255 e. The van der Waals surface area contributed by atoms with Gasteiger partial charge in [0.2, 0.25) is 5.91 Å². The van der Waals surface area contributed by atoms with Gasteiger partial charge in [-0.2, -0.15) is 5.10 Å². The van der Waals surface area contributed by atoms with Crippen molar-refractivity contribution in [3.05, 3.63) is 53.5 Å². The Hall–Kier alpha value is -4.02. The van der Waals surface area contributed by atoms with E-state index in [4.69, 9.17) is 10.5 Å². The minimum atomic E-state index is -0.979. The topological polar surface area (TPSA) is 120 Å². The molecular formula is C25H26F2N7O3Si-. The summed E-state index contributed by atoms with van der Waals surface area (Å²) < 4.78 is 38.4. The van der Waals surface area contributed by atoms with E-state index in [2.05, 4.69) is 44.1 Å². The second kappa shape index (κ2) is 10.4. The molecule has 3 N–H and O–H groups in total. The van der Waals surface area contributed by atoms with E-state index in [-0.39, 0.29) is 47.7 Å². The number of nitrogens with two attached hydrogens (primary N) is 1. The lowest BCUT2D eigenvalue weighted by molar-refractivity contribution is -0.127. The van der Waals surface area contributed by atoms with Crippen LogP contribution in [0.1, 0.15) is 35.0 Å². The average molecular weight is 539 g/mol. The number of hydrogen-bond donors (Lipinski definition) is 2. The Morgan fingerprint density at radius 3 is 2.76 bits per heavy atom. The number of carbonyl (C=O) groups excluding carboxylic acids is 2. The van der Waals surface area contributed by atoms with E-state index in [0.29, 0.717) is 18.5 Å². The van der Waals surface area contributed by atoms with Crippen molar-refractivity contribution >= 4 is 38.9 Å². The highest BCUT2D eigenvalue weighted by atomic mass is 28.1. The molecule has 13 heteroatoms. The summed E-state index contributed by atoms with van der Waals surface area (Å²) in [6.45, 7) is 6.29. The number of primary amides is 1. The standard InChI is InChI=1S/C25H26F2N7O3Si/c1-5-19(35)33-12-25(38,10-14(33)11-37-4)34-24(29-3)20(23(28)36)17(31-34)8-7-15-16(26)9-18-22(21(15)27)30-13-32(18)6-2/h5,9,13-14,29H,1,6,10-12H2,2-4H3,(H2,28,36)/q-1/t14-,25-/m1/s1. The summed E-state index contributed by atoms with van der Waals surface area (Å²) in [6.07, 6.45) is 2.99. The SMILES string of the molecule is C=CC(=O)N1C[C@@]([Si-])(n2nc(C#Cc3c(F)cc4c(ncn4CC)c3F)c(C(N)=O)c2NC)C[C@@H]1COC. The van der Waals surface area contributed by atoms with E-state index in [1.165, 1.54) is 30.3 Å². The van der Waals surface area contributed by atoms with Gasteiger partial charge in [-0.25, -0.2) is 13.8 Å². The number of likely N-dealkylation sites (tertiary alicyclic amines) is 1. The summed E-state index contributed by atoms with van der Waals surface area (Å²) in [6, 6.07) is 0.847. The normalized spacial score (nSPS) is 18.9. The van der Waals surface area contributed by atoms with Crippen LogP contribution in [0.4, 0.5) is 14.6 Å². The molecule has 4 rings (SSSR count). The molecule has 3 heterocycles. The molecule has 1 saturated heterocycles. The minimum Gasteiger partial charge on any atom is -0.630 e. The molecule has 1 aliphatic heterocycles. The summed E-state index contributed by atoms with van der Waals surface area (Å²) >= 11 is 0. The molecular weight excluding hydrogens is 512 g/mol. The van der Waals surface area contributed by atoms with Gasteiger partial charge in [-0.1, -0.05) is 12.5 Å². The summed E-state index contributed by atoms with van der Waals surface area (Å²) in [7, 11) is 6.85. The first kappa shape index (κ1) is 27.0. The zero-order valence-electron chi connectivity index (χ0n) is 21.1. The van der Waals surface area contributed by atoms with Gasteiger partial charge in [-0.15, -0.1) is 5.16 Å². The number of amides is 2. The number of aromatic nitrogens is 4. The van der Waals surface area contributed by atoms with E-state index in [1.807, 2.05) is 6.92 Å². The fourth-order valence-corrected chi connectivity index (χ4v) is 5.31. The van der Waals surface area contributed by atoms with E-state index in [9.17, 15) is 14.0 Å². The second-order valence-electron chi connectivity index (χ2n) is 8.81. The Kier molecular flexibility index (Phi) is 7.39. The fourth-order valence-electron chi connectivity index (χ4n) is 4.74. The number of rotatable bonds is 7. The number of nitrogens with zero attached hydrogens (tertiary/aromatic N) is 5. The third kappa shape index (κ3) is 4.46. The molecule has 0 aliphatic carbocycles. The summed E-state index contributed by atoms with van der Waals surface area (Å²) in [5.74, 6) is 2.37. The molecule has 1 fully saturated rings. The molecule has 198 valence electrons. The van der Waals surface area contributed by atoms with Crippen molar-refractivity contribution in [2.45, 2.75) is 31.1 Å². The number of benzene rings is 1. The first-order chi connectivity index (χ1) is 18.1. The molecule has 1 aromatic carbocycles. The van der Waals surface area contributed by atoms with Crippen molar-refractivity contribution < 1.29 is 23.1 Å². The summed E-state index contributed by atoms with van der Waals surface area (Å²) in [4.78, 5) is 30.6. The van der Waals surface area contributed by atoms with Crippen LogP contribution in [0.3, 0.4) is 0 Å². The molecule has 2 aromatic heterocycles. The zero-order chi connectivity index (χ0) is 27.8. The Labute approximate surface area is 221 Å². The summed E-state index contributed by atoms with van der Waals surface area (Å²) in [5.41, 5.74) is 5.29. The Morgan fingerprint density at radius 1 is 1.42 bits per heavy atom. The van der Waals surface area contributed by atoms with Crippen molar-refractivity contribution in [2.24, 2.45) is 5.73 Å². The van der Waals surface area contributed by atoms with Crippen LogP contribution in [0.15, 0.2) is 25.0 Å². The Balaban J connectivity index is 1.83. The van der Waals surface area contributed by atoms with Gasteiger partial charge in [0.05, 0.1) is 30.1 Å². The molecule has 38 heavy (non-hydrogen) atoms. The van der Waals surface area contributed by atoms with Crippen LogP contribution in [0, 0.1) is 23.5 Å². The minimum absolute atomic E-state index is 0.0182. The van der Waals surface area contributed by atoms with Crippen LogP contribution in [0.2, 0.25) is 0 Å². The van der Waals surface area contributed by atoms with Crippen LogP contribution in [0.25, 0.3) is 11.0 Å². The largest absolute Gasteiger partial charge is 0.630 e. The second-order valence-corrected chi connectivity index (χ2v) is 9.74. The number of methoxy groups -OCH3 is 1. The molecule has 2 radical (unpaired) electrons. The van der Waals surface area contributed by atoms with Gasteiger partial charge in [-0.3, -0.25) is 14.3 Å². The average Bonchev–Trinajstić information content (AvgIpc) is 3.57. The van der Waals surface area contributed by atoms with Gasteiger partial charge in [0.15, 0.2) is 11.5 Å². The molecule has 2 atom stereocenters. The first-order valence-corrected chi connectivity index (χ1v) is 12.2. The quantitative estimate of drug-likeness (QED) is 0.266. The monoisotopic (exact) mass is 538 g/mol. The highest BCUT2D eigenvalue weighted by molar-refractivity contribution is 6.15.